The number of hydrogen-bond acceptors (Lipinski definition) is 4. The Morgan fingerprint density at radius 3 is 3.17 bits per heavy atom. The van der Waals surface area contributed by atoms with E-state index in [1.165, 1.54) is 12.8 Å². The van der Waals surface area contributed by atoms with Gasteiger partial charge < -0.3 is 9.64 Å². The first-order chi connectivity index (χ1) is 8.90. The van der Waals surface area contributed by atoms with E-state index in [2.05, 4.69) is 16.0 Å². The zero-order chi connectivity index (χ0) is 12.4. The molecule has 0 radical (unpaired) electrons. The third-order valence-corrected chi connectivity index (χ3v) is 3.96. The van der Waals surface area contributed by atoms with Crippen molar-refractivity contribution >= 4 is 5.69 Å². The number of nitriles is 1. The number of anilines is 1. The lowest BCUT2D eigenvalue weighted by Gasteiger charge is -2.45. The average Bonchev–Trinajstić information content (AvgIpc) is 2.46. The standard InChI is InChI=1S/C14H17N3O/c15-9-11-5-6-16-10-13(11)17-7-8-18-14-4-2-1-3-12(14)17/h5-6,10,12,14H,1-4,7-8H2. The maximum atomic E-state index is 9.21. The lowest BCUT2D eigenvalue weighted by Crippen LogP contribution is -2.53. The van der Waals surface area contributed by atoms with Crippen molar-refractivity contribution in [2.75, 3.05) is 18.1 Å². The minimum Gasteiger partial charge on any atom is -0.374 e. The molecule has 2 heterocycles. The summed E-state index contributed by atoms with van der Waals surface area (Å²) in [6, 6.07) is 4.48. The fourth-order valence-electron chi connectivity index (χ4n) is 3.11. The molecule has 1 aromatic heterocycles. The molecule has 1 aromatic rings. The van der Waals surface area contributed by atoms with Crippen LogP contribution in [0.1, 0.15) is 31.2 Å². The lowest BCUT2D eigenvalue weighted by molar-refractivity contribution is -0.00871. The first-order valence-electron chi connectivity index (χ1n) is 6.62. The molecule has 1 saturated carbocycles. The Labute approximate surface area is 107 Å². The van der Waals surface area contributed by atoms with E-state index < -0.39 is 0 Å². The van der Waals surface area contributed by atoms with E-state index in [-0.39, 0.29) is 0 Å². The highest BCUT2D eigenvalue weighted by Gasteiger charge is 2.35. The molecule has 2 fully saturated rings. The molecule has 2 unspecified atom stereocenters. The second-order valence-corrected chi connectivity index (χ2v) is 4.96. The lowest BCUT2D eigenvalue weighted by atomic mass is 9.89. The van der Waals surface area contributed by atoms with Crippen molar-refractivity contribution in [1.29, 1.82) is 5.26 Å². The average molecular weight is 243 g/mol. The molecule has 3 rings (SSSR count). The van der Waals surface area contributed by atoms with Crippen molar-refractivity contribution in [3.05, 3.63) is 24.0 Å². The van der Waals surface area contributed by atoms with Crippen molar-refractivity contribution in [2.45, 2.75) is 37.8 Å². The normalized spacial score (nSPS) is 27.4. The van der Waals surface area contributed by atoms with Gasteiger partial charge in [-0.2, -0.15) is 5.26 Å². The summed E-state index contributed by atoms with van der Waals surface area (Å²) in [6.07, 6.45) is 8.64. The van der Waals surface area contributed by atoms with Crippen LogP contribution in [0.3, 0.4) is 0 Å². The fraction of sp³-hybridized carbons (Fsp3) is 0.571. The Bertz CT molecular complexity index is 466. The summed E-state index contributed by atoms with van der Waals surface area (Å²) >= 11 is 0. The summed E-state index contributed by atoms with van der Waals surface area (Å²) in [5.41, 5.74) is 1.69. The molecule has 2 atom stereocenters. The summed E-state index contributed by atoms with van der Waals surface area (Å²) in [4.78, 5) is 6.50. The van der Waals surface area contributed by atoms with E-state index in [1.54, 1.807) is 12.3 Å². The van der Waals surface area contributed by atoms with Gasteiger partial charge >= 0.3 is 0 Å². The molecule has 18 heavy (non-hydrogen) atoms. The smallest absolute Gasteiger partial charge is 0.101 e. The summed E-state index contributed by atoms with van der Waals surface area (Å²) in [5.74, 6) is 0. The minimum atomic E-state index is 0.333. The van der Waals surface area contributed by atoms with E-state index in [4.69, 9.17) is 4.74 Å². The number of ether oxygens (including phenoxy) is 1. The van der Waals surface area contributed by atoms with Gasteiger partial charge in [0, 0.05) is 12.7 Å². The first kappa shape index (κ1) is 11.5. The van der Waals surface area contributed by atoms with E-state index in [0.29, 0.717) is 12.1 Å². The number of rotatable bonds is 1. The zero-order valence-corrected chi connectivity index (χ0v) is 10.4. The van der Waals surface area contributed by atoms with Crippen LogP contribution >= 0.6 is 0 Å². The van der Waals surface area contributed by atoms with Crippen LogP contribution in [0.4, 0.5) is 5.69 Å². The molecule has 1 aliphatic heterocycles. The van der Waals surface area contributed by atoms with Crippen molar-refractivity contribution in [2.24, 2.45) is 0 Å². The molecular weight excluding hydrogens is 226 g/mol. The SMILES string of the molecule is N#Cc1ccncc1N1CCOC2CCCCC21. The Kier molecular flexibility index (Phi) is 3.16. The molecule has 0 N–H and O–H groups in total. The Hall–Kier alpha value is -1.60. The van der Waals surface area contributed by atoms with Gasteiger partial charge in [0.25, 0.3) is 0 Å². The maximum absolute atomic E-state index is 9.21. The van der Waals surface area contributed by atoms with E-state index >= 15 is 0 Å². The van der Waals surface area contributed by atoms with Gasteiger partial charge in [-0.25, -0.2) is 0 Å². The van der Waals surface area contributed by atoms with Gasteiger partial charge in [-0.15, -0.1) is 0 Å². The van der Waals surface area contributed by atoms with Gasteiger partial charge in [0.2, 0.25) is 0 Å². The molecule has 0 bridgehead atoms. The summed E-state index contributed by atoms with van der Waals surface area (Å²) < 4.78 is 5.86. The molecular formula is C14H17N3O. The van der Waals surface area contributed by atoms with Crippen molar-refractivity contribution in [1.82, 2.24) is 4.98 Å². The van der Waals surface area contributed by atoms with E-state index in [9.17, 15) is 5.26 Å². The first-order valence-corrected chi connectivity index (χ1v) is 6.62. The van der Waals surface area contributed by atoms with Crippen LogP contribution in [-0.2, 0) is 4.74 Å². The molecule has 1 aliphatic carbocycles. The number of aromatic nitrogens is 1. The molecule has 4 heteroatoms. The number of pyridine rings is 1. The molecule has 0 amide bonds. The predicted molar refractivity (Wildman–Crippen MR) is 68.3 cm³/mol. The number of nitrogens with zero attached hydrogens (tertiary/aromatic N) is 3. The quantitative estimate of drug-likeness (QED) is 0.758. The topological polar surface area (TPSA) is 49.2 Å². The molecule has 0 spiro atoms. The predicted octanol–water partition coefficient (Wildman–Crippen LogP) is 2.10. The molecule has 1 saturated heterocycles. The van der Waals surface area contributed by atoms with Gasteiger partial charge in [-0.1, -0.05) is 12.8 Å². The minimum absolute atomic E-state index is 0.333. The van der Waals surface area contributed by atoms with Gasteiger partial charge in [0.05, 0.1) is 36.2 Å². The zero-order valence-electron chi connectivity index (χ0n) is 10.4. The third kappa shape index (κ3) is 1.95. The van der Waals surface area contributed by atoms with E-state index in [1.807, 2.05) is 6.20 Å². The van der Waals surface area contributed by atoms with Gasteiger partial charge in [0.1, 0.15) is 6.07 Å². The van der Waals surface area contributed by atoms with Crippen LogP contribution < -0.4 is 4.90 Å². The van der Waals surface area contributed by atoms with Crippen LogP contribution in [0.2, 0.25) is 0 Å². The number of fused-ring (bicyclic) bond motifs is 1. The van der Waals surface area contributed by atoms with E-state index in [0.717, 1.165) is 37.2 Å². The second kappa shape index (κ2) is 4.95. The monoisotopic (exact) mass is 243 g/mol. The highest BCUT2D eigenvalue weighted by Crippen LogP contribution is 2.32. The van der Waals surface area contributed by atoms with Crippen LogP contribution in [-0.4, -0.2) is 30.3 Å². The number of morpholine rings is 1. The summed E-state index contributed by atoms with van der Waals surface area (Å²) in [7, 11) is 0. The Morgan fingerprint density at radius 2 is 2.28 bits per heavy atom. The van der Waals surface area contributed by atoms with Gasteiger partial charge in [-0.05, 0) is 18.9 Å². The maximum Gasteiger partial charge on any atom is 0.101 e. The third-order valence-electron chi connectivity index (χ3n) is 3.96. The summed E-state index contributed by atoms with van der Waals surface area (Å²) in [5, 5.41) is 9.21. The highest BCUT2D eigenvalue weighted by molar-refractivity contribution is 5.58. The van der Waals surface area contributed by atoms with Gasteiger partial charge in [-0.3, -0.25) is 4.98 Å². The molecule has 4 nitrogen and oxygen atoms in total. The van der Waals surface area contributed by atoms with Crippen molar-refractivity contribution in [3.8, 4) is 6.07 Å². The van der Waals surface area contributed by atoms with Crippen LogP contribution in [0.25, 0.3) is 0 Å². The van der Waals surface area contributed by atoms with Crippen LogP contribution in [0.15, 0.2) is 18.5 Å². The van der Waals surface area contributed by atoms with Crippen molar-refractivity contribution in [3.63, 3.8) is 0 Å². The second-order valence-electron chi connectivity index (χ2n) is 4.96. The number of hydrogen-bond donors (Lipinski definition) is 0. The molecule has 2 aliphatic rings. The van der Waals surface area contributed by atoms with Crippen LogP contribution in [0.5, 0.6) is 0 Å². The molecule has 0 aromatic carbocycles. The van der Waals surface area contributed by atoms with Gasteiger partial charge in [0.15, 0.2) is 0 Å². The largest absolute Gasteiger partial charge is 0.374 e. The van der Waals surface area contributed by atoms with Crippen LogP contribution in [0, 0.1) is 11.3 Å². The summed E-state index contributed by atoms with van der Waals surface area (Å²) in [6.45, 7) is 1.61. The Balaban J connectivity index is 1.92. The van der Waals surface area contributed by atoms with Crippen molar-refractivity contribution < 1.29 is 4.74 Å². The fourth-order valence-corrected chi connectivity index (χ4v) is 3.11. The highest BCUT2D eigenvalue weighted by atomic mass is 16.5. The molecule has 94 valence electrons. The Morgan fingerprint density at radius 1 is 1.39 bits per heavy atom.